The summed E-state index contributed by atoms with van der Waals surface area (Å²) in [5.41, 5.74) is 5.62. The van der Waals surface area contributed by atoms with Crippen LogP contribution in [0.4, 0.5) is 13.2 Å². The van der Waals surface area contributed by atoms with E-state index in [1.807, 2.05) is 0 Å². The van der Waals surface area contributed by atoms with E-state index in [9.17, 15) is 18.0 Å². The van der Waals surface area contributed by atoms with E-state index in [1.54, 1.807) is 15.7 Å². The molecule has 2 saturated heterocycles. The zero-order valence-corrected chi connectivity index (χ0v) is 23.3. The van der Waals surface area contributed by atoms with Gasteiger partial charge in [-0.3, -0.25) is 18.8 Å². The monoisotopic (exact) mass is 563 g/mol. The number of nitrogens with zero attached hydrogens (tertiary/aromatic N) is 4. The number of pyridine rings is 1. The maximum atomic E-state index is 14.4. The molecule has 4 heterocycles. The summed E-state index contributed by atoms with van der Waals surface area (Å²) in [6, 6.07) is 0.990. The molecule has 3 saturated carbocycles. The minimum absolute atomic E-state index is 0.0964. The molecule has 2 aromatic rings. The van der Waals surface area contributed by atoms with Crippen LogP contribution in [0.15, 0.2) is 23.3 Å². The second kappa shape index (κ2) is 9.57. The van der Waals surface area contributed by atoms with Gasteiger partial charge in [0.15, 0.2) is 0 Å². The second-order valence-electron chi connectivity index (χ2n) is 13.8. The number of fused-ring (bicyclic) bond motifs is 1. The Morgan fingerprint density at radius 2 is 1.98 bits per heavy atom. The fraction of sp³-hybridized carbons (Fsp3) is 0.767. The number of hydrazine groups is 1. The highest BCUT2D eigenvalue weighted by Crippen LogP contribution is 2.73. The molecule has 4 atom stereocenters. The van der Waals surface area contributed by atoms with Crippen LogP contribution in [0.5, 0.6) is 0 Å². The summed E-state index contributed by atoms with van der Waals surface area (Å²) in [5, 5.41) is 0. The van der Waals surface area contributed by atoms with Crippen molar-refractivity contribution in [3.05, 3.63) is 40.1 Å². The number of piperidine rings is 1. The van der Waals surface area contributed by atoms with Gasteiger partial charge in [-0.1, -0.05) is 13.3 Å². The van der Waals surface area contributed by atoms with Crippen molar-refractivity contribution in [3.8, 4) is 0 Å². The Morgan fingerprint density at radius 3 is 2.70 bits per heavy atom. The number of aromatic nitrogens is 2. The highest BCUT2D eigenvalue weighted by Gasteiger charge is 2.67. The SMILES string of the molecule is [2H]C([2H])([2H])N1CNNC1C1(C2CCCC(n3cc4c(C(F)(F)F)cc(CN5CCC[C@H](C)C5)cn4c3=O)C2)CC2(CC2)C1. The summed E-state index contributed by atoms with van der Waals surface area (Å²) in [6.07, 6.45) is 7.62. The molecular weight excluding hydrogens is 517 g/mol. The van der Waals surface area contributed by atoms with Gasteiger partial charge in [0.05, 0.1) is 23.9 Å². The third kappa shape index (κ3) is 4.53. The molecule has 7 rings (SSSR count). The summed E-state index contributed by atoms with van der Waals surface area (Å²) >= 11 is 0. The van der Waals surface area contributed by atoms with Crippen LogP contribution in [0.25, 0.3) is 5.52 Å². The standard InChI is InChI=1S/C30H43F3N6O/c1-20-5-4-10-37(13-20)14-21-11-24(30(31,32)33)25-16-38(27(40)39(25)15-21)23-7-3-6-22(12-23)29(17-28(18-29)8-9-28)26-35-34-19-36(26)2/h11,15-16,20,22-23,26,34-35H,3-10,12-14,17-19H2,1-2H3/t20-,22?,23?,26?/m0/s1/i2D3. The van der Waals surface area contributed by atoms with Crippen LogP contribution in [0, 0.1) is 22.7 Å². The van der Waals surface area contributed by atoms with Gasteiger partial charge in [0.2, 0.25) is 0 Å². The van der Waals surface area contributed by atoms with Crippen molar-refractivity contribution in [3.63, 3.8) is 0 Å². The molecule has 0 radical (unpaired) electrons. The van der Waals surface area contributed by atoms with E-state index in [0.717, 1.165) is 51.6 Å². The summed E-state index contributed by atoms with van der Waals surface area (Å²) < 4.78 is 70.3. The Bertz CT molecular complexity index is 1430. The number of hydrogen-bond donors (Lipinski definition) is 2. The van der Waals surface area contributed by atoms with Gasteiger partial charge >= 0.3 is 11.9 Å². The first-order valence-electron chi connectivity index (χ1n) is 16.6. The van der Waals surface area contributed by atoms with Gasteiger partial charge in [0, 0.05) is 41.1 Å². The molecule has 1 spiro atoms. The van der Waals surface area contributed by atoms with Crippen LogP contribution in [0.2, 0.25) is 0 Å². The Hall–Kier alpha value is -1.88. The molecule has 0 aromatic carbocycles. The van der Waals surface area contributed by atoms with Crippen molar-refractivity contribution >= 4 is 5.52 Å². The minimum Gasteiger partial charge on any atom is -0.299 e. The van der Waals surface area contributed by atoms with E-state index in [4.69, 9.17) is 4.11 Å². The fourth-order valence-electron chi connectivity index (χ4n) is 8.90. The van der Waals surface area contributed by atoms with E-state index in [-0.39, 0.29) is 35.7 Å². The lowest BCUT2D eigenvalue weighted by atomic mass is 9.49. The van der Waals surface area contributed by atoms with Gasteiger partial charge in [-0.25, -0.2) is 15.6 Å². The van der Waals surface area contributed by atoms with Crippen LogP contribution >= 0.6 is 0 Å². The van der Waals surface area contributed by atoms with E-state index in [0.29, 0.717) is 36.3 Å². The molecule has 10 heteroatoms. The largest absolute Gasteiger partial charge is 0.418 e. The van der Waals surface area contributed by atoms with E-state index < -0.39 is 24.4 Å². The van der Waals surface area contributed by atoms with Crippen LogP contribution in [-0.4, -0.2) is 51.7 Å². The maximum absolute atomic E-state index is 14.4. The van der Waals surface area contributed by atoms with Crippen LogP contribution < -0.4 is 16.5 Å². The Kier molecular flexibility index (Phi) is 5.66. The lowest BCUT2D eigenvalue weighted by Gasteiger charge is -2.59. The van der Waals surface area contributed by atoms with Crippen LogP contribution in [0.3, 0.4) is 0 Å². The normalized spacial score (nSPS) is 34.0. The summed E-state index contributed by atoms with van der Waals surface area (Å²) in [7, 11) is 0. The molecule has 5 aliphatic rings. The molecule has 0 amide bonds. The second-order valence-corrected chi connectivity index (χ2v) is 13.8. The molecule has 7 nitrogen and oxygen atoms in total. The molecule has 2 aliphatic heterocycles. The van der Waals surface area contributed by atoms with Crippen molar-refractivity contribution in [2.75, 3.05) is 26.7 Å². The van der Waals surface area contributed by atoms with E-state index >= 15 is 0 Å². The van der Waals surface area contributed by atoms with Crippen molar-refractivity contribution in [1.29, 1.82) is 0 Å². The molecule has 220 valence electrons. The van der Waals surface area contributed by atoms with Crippen molar-refractivity contribution in [1.82, 2.24) is 29.6 Å². The molecular formula is C30H43F3N6O. The number of imidazole rings is 1. The summed E-state index contributed by atoms with van der Waals surface area (Å²) in [6.45, 7) is 2.22. The van der Waals surface area contributed by atoms with E-state index in [2.05, 4.69) is 22.7 Å². The zero-order chi connectivity index (χ0) is 30.4. The predicted molar refractivity (Wildman–Crippen MR) is 147 cm³/mol. The maximum Gasteiger partial charge on any atom is 0.418 e. The lowest BCUT2D eigenvalue weighted by molar-refractivity contribution is -0.136. The number of halogens is 3. The minimum atomic E-state index is -4.58. The first-order chi connectivity index (χ1) is 20.3. The summed E-state index contributed by atoms with van der Waals surface area (Å²) in [4.78, 5) is 17.6. The zero-order valence-electron chi connectivity index (χ0n) is 26.3. The van der Waals surface area contributed by atoms with Crippen LogP contribution in [0.1, 0.15) is 92.4 Å². The number of hydrogen-bond acceptors (Lipinski definition) is 5. The molecule has 0 bridgehead atoms. The molecule has 40 heavy (non-hydrogen) atoms. The highest BCUT2D eigenvalue weighted by atomic mass is 19.4. The molecule has 2 aromatic heterocycles. The Balaban J connectivity index is 1.20. The topological polar surface area (TPSA) is 56.9 Å². The number of alkyl halides is 3. The quantitative estimate of drug-likeness (QED) is 0.538. The van der Waals surface area contributed by atoms with Crippen molar-refractivity contribution in [2.24, 2.45) is 22.7 Å². The highest BCUT2D eigenvalue weighted by molar-refractivity contribution is 5.56. The van der Waals surface area contributed by atoms with Gasteiger partial charge < -0.3 is 0 Å². The molecule has 5 fully saturated rings. The van der Waals surface area contributed by atoms with E-state index in [1.165, 1.54) is 29.5 Å². The van der Waals surface area contributed by atoms with Gasteiger partial charge in [-0.05, 0) is 100 Å². The van der Waals surface area contributed by atoms with Crippen molar-refractivity contribution < 1.29 is 17.3 Å². The third-order valence-corrected chi connectivity index (χ3v) is 10.9. The Labute approximate surface area is 238 Å². The summed E-state index contributed by atoms with van der Waals surface area (Å²) in [5.74, 6) is 0.659. The lowest BCUT2D eigenvalue weighted by Crippen LogP contribution is -2.61. The molecule has 2 N–H and O–H groups in total. The molecule has 3 unspecified atom stereocenters. The average Bonchev–Trinajstić information content (AvgIpc) is 3.40. The van der Waals surface area contributed by atoms with Crippen LogP contribution in [-0.2, 0) is 12.7 Å². The first kappa shape index (κ1) is 23.7. The van der Waals surface area contributed by atoms with Gasteiger partial charge in [-0.15, -0.1) is 0 Å². The number of rotatable bonds is 5. The van der Waals surface area contributed by atoms with Gasteiger partial charge in [-0.2, -0.15) is 13.2 Å². The number of likely N-dealkylation sites (tertiary alicyclic amines) is 1. The number of nitrogens with one attached hydrogen (secondary N) is 2. The fourth-order valence-corrected chi connectivity index (χ4v) is 8.90. The average molecular weight is 564 g/mol. The van der Waals surface area contributed by atoms with Gasteiger partial charge in [0.1, 0.15) is 0 Å². The molecule has 3 aliphatic carbocycles. The first-order valence-corrected chi connectivity index (χ1v) is 15.1. The van der Waals surface area contributed by atoms with Crippen molar-refractivity contribution in [2.45, 2.75) is 96.1 Å². The van der Waals surface area contributed by atoms with Gasteiger partial charge in [0.25, 0.3) is 0 Å². The smallest absolute Gasteiger partial charge is 0.299 e. The predicted octanol–water partition coefficient (Wildman–Crippen LogP) is 4.97. The third-order valence-electron chi connectivity index (χ3n) is 10.9. The Morgan fingerprint density at radius 1 is 1.15 bits per heavy atom.